The number of rotatable bonds is 8. The first-order valence-electron chi connectivity index (χ1n) is 9.66. The molecule has 1 heterocycles. The number of halogens is 1. The zero-order valence-corrected chi connectivity index (χ0v) is 18.0. The summed E-state index contributed by atoms with van der Waals surface area (Å²) in [6, 6.07) is 11.9. The van der Waals surface area contributed by atoms with Gasteiger partial charge in [0.05, 0.1) is 24.6 Å². The fourth-order valence-electron chi connectivity index (χ4n) is 3.38. The van der Waals surface area contributed by atoms with E-state index in [1.54, 1.807) is 31.2 Å². The molecule has 8 nitrogen and oxygen atoms in total. The van der Waals surface area contributed by atoms with Crippen LogP contribution in [0.1, 0.15) is 24.9 Å². The van der Waals surface area contributed by atoms with Crippen molar-refractivity contribution in [1.82, 2.24) is 4.90 Å². The highest BCUT2D eigenvalue weighted by Gasteiger charge is 2.38. The Hall–Kier alpha value is -3.14. The van der Waals surface area contributed by atoms with E-state index in [1.807, 2.05) is 6.07 Å². The molecular weight excluding hydrogens is 427 g/mol. The number of nitrogens with zero attached hydrogens (tertiary/aromatic N) is 2. The van der Waals surface area contributed by atoms with Crippen molar-refractivity contribution in [3.63, 3.8) is 0 Å². The van der Waals surface area contributed by atoms with Crippen LogP contribution in [0.15, 0.2) is 48.5 Å². The average molecular weight is 450 g/mol. The van der Waals surface area contributed by atoms with Gasteiger partial charge >= 0.3 is 6.09 Å². The number of hydrogen-bond acceptors (Lipinski definition) is 6. The second-order valence-electron chi connectivity index (χ2n) is 6.92. The van der Waals surface area contributed by atoms with Crippen LogP contribution >= 0.6 is 0 Å². The maximum Gasteiger partial charge on any atom is 0.410 e. The van der Waals surface area contributed by atoms with Crippen LogP contribution < -0.4 is 9.04 Å². The van der Waals surface area contributed by atoms with E-state index in [0.717, 1.165) is 11.6 Å². The van der Waals surface area contributed by atoms with Gasteiger partial charge < -0.3 is 9.47 Å². The molecule has 0 aromatic heterocycles. The van der Waals surface area contributed by atoms with Crippen LogP contribution in [0, 0.1) is 5.82 Å². The number of sulfonamides is 1. The number of benzene rings is 2. The first kappa shape index (κ1) is 22.5. The molecule has 2 amide bonds. The van der Waals surface area contributed by atoms with Crippen molar-refractivity contribution in [1.29, 1.82) is 0 Å². The van der Waals surface area contributed by atoms with Crippen LogP contribution in [0.4, 0.5) is 14.9 Å². The minimum absolute atomic E-state index is 0.0367. The summed E-state index contributed by atoms with van der Waals surface area (Å²) in [4.78, 5) is 26.6. The lowest BCUT2D eigenvalue weighted by molar-refractivity contribution is -0.118. The van der Waals surface area contributed by atoms with Crippen LogP contribution in [-0.4, -0.2) is 51.3 Å². The molecule has 2 aromatic rings. The van der Waals surface area contributed by atoms with Crippen molar-refractivity contribution in [2.45, 2.75) is 19.4 Å². The summed E-state index contributed by atoms with van der Waals surface area (Å²) < 4.78 is 50.5. The van der Waals surface area contributed by atoms with Crippen molar-refractivity contribution < 1.29 is 31.9 Å². The third-order valence-electron chi connectivity index (χ3n) is 4.80. The lowest BCUT2D eigenvalue weighted by Gasteiger charge is -2.27. The van der Waals surface area contributed by atoms with Crippen LogP contribution in [0.25, 0.3) is 0 Å². The molecule has 0 spiro atoms. The van der Waals surface area contributed by atoms with E-state index in [0.29, 0.717) is 4.31 Å². The van der Waals surface area contributed by atoms with Gasteiger partial charge in [-0.2, -0.15) is 0 Å². The van der Waals surface area contributed by atoms with Gasteiger partial charge in [-0.3, -0.25) is 9.69 Å². The Balaban J connectivity index is 1.95. The normalized spacial score (nSPS) is 16.2. The molecule has 166 valence electrons. The van der Waals surface area contributed by atoms with Crippen LogP contribution in [-0.2, 0) is 19.6 Å². The molecule has 10 heteroatoms. The molecule has 0 aliphatic carbocycles. The molecular formula is C21H23FN2O6S. The van der Waals surface area contributed by atoms with Gasteiger partial charge in [0.15, 0.2) is 11.6 Å². The van der Waals surface area contributed by atoms with Gasteiger partial charge in [-0.15, -0.1) is 0 Å². The first-order chi connectivity index (χ1) is 14.8. The van der Waals surface area contributed by atoms with E-state index in [4.69, 9.17) is 9.47 Å². The van der Waals surface area contributed by atoms with E-state index in [-0.39, 0.29) is 30.2 Å². The number of anilines is 1. The Bertz CT molecular complexity index is 1060. The second kappa shape index (κ2) is 9.34. The number of carbonyl (C=O) groups is 2. The van der Waals surface area contributed by atoms with Crippen LogP contribution in [0.5, 0.6) is 5.75 Å². The maximum atomic E-state index is 14.3. The van der Waals surface area contributed by atoms with Gasteiger partial charge in [0, 0.05) is 6.07 Å². The molecule has 0 saturated carbocycles. The summed E-state index contributed by atoms with van der Waals surface area (Å²) in [6.07, 6.45) is -0.473. The number of cyclic esters (lactones) is 1. The second-order valence-corrected chi connectivity index (χ2v) is 8.86. The SMILES string of the molecule is CCCS(=O)(=O)N(C(=O)CN1C(=O)OC[C@H]1c1ccccc1)c1ccc(OC)c(F)c1. The lowest BCUT2D eigenvalue weighted by Crippen LogP contribution is -2.45. The number of carbonyl (C=O) groups excluding carboxylic acids is 2. The molecule has 1 aliphatic heterocycles. The molecule has 1 fully saturated rings. The minimum Gasteiger partial charge on any atom is -0.494 e. The smallest absolute Gasteiger partial charge is 0.410 e. The molecule has 2 aromatic carbocycles. The fourth-order valence-corrected chi connectivity index (χ4v) is 4.88. The van der Waals surface area contributed by atoms with Crippen molar-refractivity contribution in [3.8, 4) is 5.75 Å². The van der Waals surface area contributed by atoms with Crippen LogP contribution in [0.2, 0.25) is 0 Å². The summed E-state index contributed by atoms with van der Waals surface area (Å²) >= 11 is 0. The van der Waals surface area contributed by atoms with Crippen molar-refractivity contribution in [2.24, 2.45) is 0 Å². The zero-order chi connectivity index (χ0) is 22.6. The predicted octanol–water partition coefficient (Wildman–Crippen LogP) is 3.10. The molecule has 3 rings (SSSR count). The quantitative estimate of drug-likeness (QED) is 0.614. The minimum atomic E-state index is -4.10. The predicted molar refractivity (Wildman–Crippen MR) is 112 cm³/mol. The van der Waals surface area contributed by atoms with Gasteiger partial charge in [0.2, 0.25) is 10.0 Å². The average Bonchev–Trinajstić information content (AvgIpc) is 3.09. The standard InChI is InChI=1S/C21H23FN2O6S/c1-3-11-31(27,28)24(16-9-10-19(29-2)17(22)12-16)20(25)13-23-18(14-30-21(23)26)15-7-5-4-6-8-15/h4-10,12,18H,3,11,13-14H2,1-2H3/t18-/m0/s1. The van der Waals surface area contributed by atoms with Gasteiger partial charge in [-0.1, -0.05) is 37.3 Å². The molecule has 1 aliphatic rings. The summed E-state index contributed by atoms with van der Waals surface area (Å²) in [5.41, 5.74) is 0.584. The van der Waals surface area contributed by atoms with E-state index in [9.17, 15) is 22.4 Å². The molecule has 0 unspecified atom stereocenters. The summed E-state index contributed by atoms with van der Waals surface area (Å²) in [5, 5.41) is 0. The number of ether oxygens (including phenoxy) is 2. The Kier molecular flexibility index (Phi) is 6.79. The van der Waals surface area contributed by atoms with Gasteiger partial charge in [0.1, 0.15) is 13.2 Å². The zero-order valence-electron chi connectivity index (χ0n) is 17.2. The third-order valence-corrected chi connectivity index (χ3v) is 6.70. The monoisotopic (exact) mass is 450 g/mol. The molecule has 1 saturated heterocycles. The third kappa shape index (κ3) is 4.79. The van der Waals surface area contributed by atoms with Gasteiger partial charge in [-0.05, 0) is 24.1 Å². The molecule has 0 bridgehead atoms. The van der Waals surface area contributed by atoms with Gasteiger partial charge in [-0.25, -0.2) is 21.9 Å². The number of hydrogen-bond donors (Lipinski definition) is 0. The van der Waals surface area contributed by atoms with Crippen molar-refractivity contribution >= 4 is 27.7 Å². The van der Waals surface area contributed by atoms with E-state index in [1.165, 1.54) is 24.1 Å². The molecule has 0 radical (unpaired) electrons. The van der Waals surface area contributed by atoms with E-state index < -0.39 is 40.4 Å². The molecule has 0 N–H and O–H groups in total. The lowest BCUT2D eigenvalue weighted by atomic mass is 10.1. The summed E-state index contributed by atoms with van der Waals surface area (Å²) in [6.45, 7) is 1.14. The molecule has 1 atom stereocenters. The summed E-state index contributed by atoms with van der Waals surface area (Å²) in [7, 11) is -2.83. The van der Waals surface area contributed by atoms with Crippen molar-refractivity contribution in [3.05, 3.63) is 59.9 Å². The van der Waals surface area contributed by atoms with E-state index >= 15 is 0 Å². The summed E-state index contributed by atoms with van der Waals surface area (Å²) in [5.74, 6) is -2.11. The highest BCUT2D eigenvalue weighted by atomic mass is 32.2. The van der Waals surface area contributed by atoms with E-state index in [2.05, 4.69) is 0 Å². The maximum absolute atomic E-state index is 14.3. The molecule has 31 heavy (non-hydrogen) atoms. The first-order valence-corrected chi connectivity index (χ1v) is 11.3. The number of amides is 2. The highest BCUT2D eigenvalue weighted by molar-refractivity contribution is 7.93. The largest absolute Gasteiger partial charge is 0.494 e. The Morgan fingerprint density at radius 2 is 1.97 bits per heavy atom. The Morgan fingerprint density at radius 3 is 2.58 bits per heavy atom. The topological polar surface area (TPSA) is 93.2 Å². The fraction of sp³-hybridized carbons (Fsp3) is 0.333. The van der Waals surface area contributed by atoms with Crippen LogP contribution in [0.3, 0.4) is 0 Å². The van der Waals surface area contributed by atoms with Gasteiger partial charge in [0.25, 0.3) is 5.91 Å². The highest BCUT2D eigenvalue weighted by Crippen LogP contribution is 2.30. The Morgan fingerprint density at radius 1 is 1.26 bits per heavy atom. The Labute approximate surface area is 180 Å². The van der Waals surface area contributed by atoms with Crippen molar-refractivity contribution in [2.75, 3.05) is 30.3 Å². The number of methoxy groups -OCH3 is 1.